The van der Waals surface area contributed by atoms with Crippen LogP contribution in [0.15, 0.2) is 18.3 Å². The molecule has 5 nitrogen and oxygen atoms in total. The highest BCUT2D eigenvalue weighted by Crippen LogP contribution is 2.10. The van der Waals surface area contributed by atoms with Crippen LogP contribution >= 0.6 is 0 Å². The largest absolute Gasteiger partial charge is 0.387 e. The van der Waals surface area contributed by atoms with Gasteiger partial charge in [-0.1, -0.05) is 0 Å². The van der Waals surface area contributed by atoms with E-state index < -0.39 is 0 Å². The molecule has 0 spiro atoms. The Kier molecular flexibility index (Phi) is 5.12. The lowest BCUT2D eigenvalue weighted by Gasteiger charge is -2.25. The molecule has 1 heterocycles. The van der Waals surface area contributed by atoms with Crippen molar-refractivity contribution in [1.82, 2.24) is 9.88 Å². The van der Waals surface area contributed by atoms with Gasteiger partial charge >= 0.3 is 0 Å². The summed E-state index contributed by atoms with van der Waals surface area (Å²) in [5.74, 6) is -0.136. The van der Waals surface area contributed by atoms with Gasteiger partial charge in [-0.05, 0) is 26.0 Å². The fraction of sp³-hybridized carbons (Fsp3) is 0.462. The molecule has 0 aliphatic rings. The van der Waals surface area contributed by atoms with Crippen LogP contribution in [0.5, 0.6) is 0 Å². The molecule has 18 heavy (non-hydrogen) atoms. The van der Waals surface area contributed by atoms with Crippen LogP contribution < -0.4 is 5.32 Å². The first kappa shape index (κ1) is 14.0. The lowest BCUT2D eigenvalue weighted by atomic mass is 10.2. The number of pyridine rings is 1. The van der Waals surface area contributed by atoms with Gasteiger partial charge in [-0.25, -0.2) is 4.98 Å². The molecule has 1 aromatic heterocycles. The number of rotatable bonds is 5. The highest BCUT2D eigenvalue weighted by Gasteiger charge is 2.19. The number of amides is 1. The predicted octanol–water partition coefficient (Wildman–Crippen LogP) is 1.89. The molecule has 0 saturated heterocycles. The second kappa shape index (κ2) is 6.60. The maximum Gasteiger partial charge on any atom is 0.272 e. The standard InChI is InChI=1S/C13H18N4O/c1-10(2)17(8-4-7-14)13(18)12-6-5-11(15-3)9-16-12/h5-6,9-10,15H,4,8H2,1-3H3. The molecule has 1 aromatic rings. The van der Waals surface area contributed by atoms with E-state index in [-0.39, 0.29) is 11.9 Å². The molecule has 0 aromatic carbocycles. The molecule has 0 atom stereocenters. The molecule has 0 unspecified atom stereocenters. The van der Waals surface area contributed by atoms with E-state index in [1.54, 1.807) is 24.2 Å². The number of hydrogen-bond donors (Lipinski definition) is 1. The van der Waals surface area contributed by atoms with Crippen LogP contribution in [0, 0.1) is 11.3 Å². The summed E-state index contributed by atoms with van der Waals surface area (Å²) in [7, 11) is 1.80. The smallest absolute Gasteiger partial charge is 0.272 e. The topological polar surface area (TPSA) is 69.0 Å². The van der Waals surface area contributed by atoms with Gasteiger partial charge in [0.05, 0.1) is 24.4 Å². The Labute approximate surface area is 107 Å². The number of aromatic nitrogens is 1. The van der Waals surface area contributed by atoms with E-state index in [1.165, 1.54) is 0 Å². The third-order valence-electron chi connectivity index (χ3n) is 2.62. The van der Waals surface area contributed by atoms with Gasteiger partial charge < -0.3 is 10.2 Å². The Morgan fingerprint density at radius 2 is 2.28 bits per heavy atom. The Hall–Kier alpha value is -2.09. The maximum absolute atomic E-state index is 12.2. The van der Waals surface area contributed by atoms with Gasteiger partial charge in [0.15, 0.2) is 0 Å². The Balaban J connectivity index is 2.84. The van der Waals surface area contributed by atoms with Crippen molar-refractivity contribution >= 4 is 11.6 Å². The fourth-order valence-electron chi connectivity index (χ4n) is 1.58. The number of nitrogens with zero attached hydrogens (tertiary/aromatic N) is 3. The number of hydrogen-bond acceptors (Lipinski definition) is 4. The van der Waals surface area contributed by atoms with Crippen LogP contribution in [0.1, 0.15) is 30.8 Å². The van der Waals surface area contributed by atoms with Crippen LogP contribution in [-0.4, -0.2) is 35.4 Å². The molecule has 0 aliphatic carbocycles. The number of carbonyl (C=O) groups excluding carboxylic acids is 1. The van der Waals surface area contributed by atoms with E-state index in [9.17, 15) is 4.79 Å². The van der Waals surface area contributed by atoms with Crippen molar-refractivity contribution in [2.75, 3.05) is 18.9 Å². The van der Waals surface area contributed by atoms with Gasteiger partial charge in [0, 0.05) is 19.6 Å². The highest BCUT2D eigenvalue weighted by atomic mass is 16.2. The Bertz CT molecular complexity index is 433. The first-order valence-electron chi connectivity index (χ1n) is 5.92. The van der Waals surface area contributed by atoms with Crippen molar-refractivity contribution in [3.8, 4) is 6.07 Å². The summed E-state index contributed by atoms with van der Waals surface area (Å²) in [6.45, 7) is 4.29. The van der Waals surface area contributed by atoms with Crippen molar-refractivity contribution in [3.05, 3.63) is 24.0 Å². The molecular formula is C13H18N4O. The third-order valence-corrected chi connectivity index (χ3v) is 2.62. The second-order valence-corrected chi connectivity index (χ2v) is 4.18. The van der Waals surface area contributed by atoms with Crippen molar-refractivity contribution < 1.29 is 4.79 Å². The molecule has 96 valence electrons. The molecule has 1 amide bonds. The zero-order chi connectivity index (χ0) is 13.5. The van der Waals surface area contributed by atoms with Crippen LogP contribution in [0.4, 0.5) is 5.69 Å². The van der Waals surface area contributed by atoms with Crippen LogP contribution in [-0.2, 0) is 0 Å². The quantitative estimate of drug-likeness (QED) is 0.861. The molecule has 1 rings (SSSR count). The van der Waals surface area contributed by atoms with Crippen LogP contribution in [0.2, 0.25) is 0 Å². The molecule has 0 radical (unpaired) electrons. The van der Waals surface area contributed by atoms with Crippen molar-refractivity contribution in [2.24, 2.45) is 0 Å². The Morgan fingerprint density at radius 1 is 1.56 bits per heavy atom. The van der Waals surface area contributed by atoms with Crippen molar-refractivity contribution in [3.63, 3.8) is 0 Å². The van der Waals surface area contributed by atoms with Crippen LogP contribution in [0.3, 0.4) is 0 Å². The molecule has 0 saturated carbocycles. The van der Waals surface area contributed by atoms with E-state index in [0.29, 0.717) is 18.7 Å². The summed E-state index contributed by atoms with van der Waals surface area (Å²) >= 11 is 0. The summed E-state index contributed by atoms with van der Waals surface area (Å²) in [6, 6.07) is 5.60. The summed E-state index contributed by atoms with van der Waals surface area (Å²) in [5, 5.41) is 11.6. The molecule has 1 N–H and O–H groups in total. The predicted molar refractivity (Wildman–Crippen MR) is 70.2 cm³/mol. The number of nitriles is 1. The summed E-state index contributed by atoms with van der Waals surface area (Å²) in [5.41, 5.74) is 1.26. The second-order valence-electron chi connectivity index (χ2n) is 4.18. The molecule has 5 heteroatoms. The van der Waals surface area contributed by atoms with E-state index in [4.69, 9.17) is 5.26 Å². The van der Waals surface area contributed by atoms with Crippen molar-refractivity contribution in [1.29, 1.82) is 5.26 Å². The van der Waals surface area contributed by atoms with Gasteiger partial charge in [-0.15, -0.1) is 0 Å². The number of anilines is 1. The highest BCUT2D eigenvalue weighted by molar-refractivity contribution is 5.92. The summed E-state index contributed by atoms with van der Waals surface area (Å²) < 4.78 is 0. The van der Waals surface area contributed by atoms with E-state index in [2.05, 4.69) is 16.4 Å². The number of carbonyl (C=O) groups is 1. The molecule has 0 fully saturated rings. The minimum atomic E-state index is -0.136. The summed E-state index contributed by atoms with van der Waals surface area (Å²) in [6.07, 6.45) is 1.95. The van der Waals surface area contributed by atoms with Gasteiger partial charge in [-0.2, -0.15) is 5.26 Å². The first-order valence-corrected chi connectivity index (χ1v) is 5.92. The third kappa shape index (κ3) is 3.45. The van der Waals surface area contributed by atoms with Crippen LogP contribution in [0.25, 0.3) is 0 Å². The van der Waals surface area contributed by atoms with Gasteiger partial charge in [0.25, 0.3) is 5.91 Å². The SMILES string of the molecule is CNc1ccc(C(=O)N(CCC#N)C(C)C)nc1. The minimum absolute atomic E-state index is 0.0524. The van der Waals surface area contributed by atoms with Crippen molar-refractivity contribution in [2.45, 2.75) is 26.3 Å². The molecule has 0 aliphatic heterocycles. The molecular weight excluding hydrogens is 228 g/mol. The first-order chi connectivity index (χ1) is 8.60. The monoisotopic (exact) mass is 246 g/mol. The average molecular weight is 246 g/mol. The normalized spacial score (nSPS) is 9.94. The maximum atomic E-state index is 12.2. The Morgan fingerprint density at radius 3 is 2.72 bits per heavy atom. The van der Waals surface area contributed by atoms with E-state index in [1.807, 2.05) is 19.9 Å². The summed E-state index contributed by atoms with van der Waals surface area (Å²) in [4.78, 5) is 18.0. The zero-order valence-electron chi connectivity index (χ0n) is 11.0. The lowest BCUT2D eigenvalue weighted by Crippen LogP contribution is -2.38. The van der Waals surface area contributed by atoms with Gasteiger partial charge in [0.1, 0.15) is 5.69 Å². The van der Waals surface area contributed by atoms with E-state index >= 15 is 0 Å². The minimum Gasteiger partial charge on any atom is -0.387 e. The lowest BCUT2D eigenvalue weighted by molar-refractivity contribution is 0.0704. The zero-order valence-corrected chi connectivity index (χ0v) is 11.0. The fourth-order valence-corrected chi connectivity index (χ4v) is 1.58. The van der Waals surface area contributed by atoms with Gasteiger partial charge in [-0.3, -0.25) is 4.79 Å². The van der Waals surface area contributed by atoms with Gasteiger partial charge in [0.2, 0.25) is 0 Å². The molecule has 0 bridgehead atoms. The number of nitrogens with one attached hydrogen (secondary N) is 1. The van der Waals surface area contributed by atoms with E-state index in [0.717, 1.165) is 5.69 Å². The average Bonchev–Trinajstić information content (AvgIpc) is 2.38.